The fourth-order valence-electron chi connectivity index (χ4n) is 3.27. The van der Waals surface area contributed by atoms with Gasteiger partial charge in [0, 0.05) is 11.0 Å². The molecule has 3 aromatic rings. The molecule has 8 bridgehead atoms. The number of nitrogens with one attached hydrogen (secondary N) is 1. The Hall–Kier alpha value is -3.49. The number of fused-ring (bicyclic) bond motifs is 8. The Bertz CT molecular complexity index is 1350. The first-order valence-corrected chi connectivity index (χ1v) is 9.89. The zero-order valence-electron chi connectivity index (χ0n) is 14.4. The fraction of sp³-hybridized carbons (Fsp3) is 0. The van der Waals surface area contributed by atoms with Crippen molar-refractivity contribution in [2.45, 2.75) is 0 Å². The van der Waals surface area contributed by atoms with Gasteiger partial charge in [-0.05, 0) is 72.8 Å². The van der Waals surface area contributed by atoms with E-state index in [0.717, 1.165) is 26.4 Å². The van der Waals surface area contributed by atoms with Crippen molar-refractivity contribution in [3.05, 3.63) is 71.3 Å². The van der Waals surface area contributed by atoms with Crippen molar-refractivity contribution in [2.24, 2.45) is 0 Å². The molecule has 0 amide bonds. The molecule has 0 radical (unpaired) electrons. The van der Waals surface area contributed by atoms with Crippen molar-refractivity contribution in [1.29, 1.82) is 0 Å². The third-order valence-corrected chi connectivity index (χ3v) is 5.30. The van der Waals surface area contributed by atoms with Gasteiger partial charge >= 0.3 is 10.3 Å². The van der Waals surface area contributed by atoms with Crippen LogP contribution in [0.15, 0.2) is 48.5 Å². The first kappa shape index (κ1) is 16.7. The quantitative estimate of drug-likeness (QED) is 0.424. The normalized spacial score (nSPS) is 13.2. The summed E-state index contributed by atoms with van der Waals surface area (Å²) in [6.45, 7) is 0. The van der Waals surface area contributed by atoms with E-state index in [0.29, 0.717) is 22.4 Å². The van der Waals surface area contributed by atoms with E-state index >= 15 is 0 Å². The monoisotopic (exact) mass is 390 g/mol. The Labute approximate surface area is 160 Å². The summed E-state index contributed by atoms with van der Waals surface area (Å²) in [5.74, 6) is 0. The van der Waals surface area contributed by atoms with Gasteiger partial charge in [-0.2, -0.15) is 8.42 Å². The Balaban J connectivity index is 1.93. The van der Waals surface area contributed by atoms with Gasteiger partial charge in [-0.25, -0.2) is 13.9 Å². The van der Waals surface area contributed by atoms with Crippen molar-refractivity contribution >= 4 is 56.7 Å². The van der Waals surface area contributed by atoms with E-state index in [9.17, 15) is 13.0 Å². The van der Waals surface area contributed by atoms with Crippen LogP contribution in [0.4, 0.5) is 0 Å². The van der Waals surface area contributed by atoms with E-state index in [4.69, 9.17) is 0 Å². The summed E-state index contributed by atoms with van der Waals surface area (Å²) in [5.41, 5.74) is 5.02. The van der Waals surface area contributed by atoms with Gasteiger partial charge in [0.25, 0.3) is 0 Å². The molecule has 3 aromatic heterocycles. The number of hydrogen-bond acceptors (Lipinski definition) is 4. The number of aromatic amines is 1. The Morgan fingerprint density at radius 1 is 0.714 bits per heavy atom. The van der Waals surface area contributed by atoms with Gasteiger partial charge in [-0.15, -0.1) is 0 Å². The van der Waals surface area contributed by atoms with E-state index in [1.165, 1.54) is 0 Å². The predicted octanol–water partition coefficient (Wildman–Crippen LogP) is 3.78. The van der Waals surface area contributed by atoms with E-state index in [1.54, 1.807) is 36.4 Å². The summed E-state index contributed by atoms with van der Waals surface area (Å²) in [6, 6.07) is 14.1. The van der Waals surface area contributed by atoms with Gasteiger partial charge in [0.2, 0.25) is 0 Å². The zero-order chi connectivity index (χ0) is 19.3. The third kappa shape index (κ3) is 3.04. The molecular weight excluding hydrogens is 376 g/mol. The average molecular weight is 390 g/mol. The molecule has 5 heterocycles. The van der Waals surface area contributed by atoms with Gasteiger partial charge < -0.3 is 4.98 Å². The fourth-order valence-corrected chi connectivity index (χ4v) is 4.02. The molecular formula is C20H14N4O3S. The number of rotatable bonds is 1. The molecule has 0 unspecified atom stereocenters. The van der Waals surface area contributed by atoms with Crippen molar-refractivity contribution in [3.8, 4) is 0 Å². The second-order valence-corrected chi connectivity index (χ2v) is 7.72. The summed E-state index contributed by atoms with van der Waals surface area (Å²) in [7, 11) is -4.50. The molecule has 0 saturated carbocycles. The van der Waals surface area contributed by atoms with Gasteiger partial charge in [-0.1, -0.05) is 0 Å². The second kappa shape index (κ2) is 6.01. The van der Waals surface area contributed by atoms with Gasteiger partial charge in [0.15, 0.2) is 0 Å². The first-order chi connectivity index (χ1) is 13.4. The minimum atomic E-state index is -4.50. The maximum Gasteiger partial charge on any atom is 0.364 e. The highest BCUT2D eigenvalue weighted by atomic mass is 32.2. The van der Waals surface area contributed by atoms with E-state index in [-0.39, 0.29) is 0 Å². The SMILES string of the molecule is O=S(=O)(O)n1c2ccc1cc1nc(cc3ccc(cc4nc(c2)C=C4)[nH]3)C=C1. The minimum absolute atomic E-state index is 0.297. The van der Waals surface area contributed by atoms with Crippen LogP contribution in [0, 0.1) is 0 Å². The average Bonchev–Trinajstić information content (AvgIpc) is 3.38. The van der Waals surface area contributed by atoms with Gasteiger partial charge in [0.05, 0.1) is 33.8 Å². The standard InChI is InChI=1S/C20H14N4O3S/c25-28(26,27)24-19-7-8-20(24)12-18-6-4-16(23-18)10-14-2-1-13(21-14)9-15-3-5-17(11-19)22-15/h1-12,21H,(H,25,26,27). The van der Waals surface area contributed by atoms with Crippen molar-refractivity contribution in [2.75, 3.05) is 0 Å². The van der Waals surface area contributed by atoms with Crippen LogP contribution in [0.5, 0.6) is 0 Å². The molecule has 2 aliphatic rings. The lowest BCUT2D eigenvalue weighted by Gasteiger charge is -2.01. The summed E-state index contributed by atoms with van der Waals surface area (Å²) in [5, 5.41) is 0. The molecule has 0 spiro atoms. The lowest BCUT2D eigenvalue weighted by molar-refractivity contribution is 0.476. The maximum atomic E-state index is 12.0. The van der Waals surface area contributed by atoms with Crippen LogP contribution in [-0.4, -0.2) is 31.9 Å². The molecule has 0 aromatic carbocycles. The molecule has 7 nitrogen and oxygen atoms in total. The number of hydrogen-bond donors (Lipinski definition) is 2. The van der Waals surface area contributed by atoms with Crippen LogP contribution >= 0.6 is 0 Å². The lowest BCUT2D eigenvalue weighted by atomic mass is 10.3. The van der Waals surface area contributed by atoms with Crippen LogP contribution in [0.3, 0.4) is 0 Å². The summed E-state index contributed by atoms with van der Waals surface area (Å²) in [6.07, 6.45) is 7.25. The highest BCUT2D eigenvalue weighted by molar-refractivity contribution is 7.84. The molecule has 28 heavy (non-hydrogen) atoms. The molecule has 0 atom stereocenters. The van der Waals surface area contributed by atoms with Gasteiger partial charge in [0.1, 0.15) is 0 Å². The first-order valence-electron chi connectivity index (χ1n) is 8.49. The highest BCUT2D eigenvalue weighted by Gasteiger charge is 2.13. The molecule has 2 aliphatic heterocycles. The smallest absolute Gasteiger partial charge is 0.355 e. The topological polar surface area (TPSA) is 101 Å². The van der Waals surface area contributed by atoms with Crippen molar-refractivity contribution in [3.63, 3.8) is 0 Å². The molecule has 138 valence electrons. The van der Waals surface area contributed by atoms with Crippen molar-refractivity contribution < 1.29 is 13.0 Å². The minimum Gasteiger partial charge on any atom is -0.355 e. The van der Waals surface area contributed by atoms with Crippen LogP contribution in [0.2, 0.25) is 0 Å². The summed E-state index contributed by atoms with van der Waals surface area (Å²) < 4.78 is 34.6. The molecule has 8 heteroatoms. The van der Waals surface area contributed by atoms with E-state index in [2.05, 4.69) is 15.0 Å². The summed E-state index contributed by atoms with van der Waals surface area (Å²) >= 11 is 0. The highest BCUT2D eigenvalue weighted by Crippen LogP contribution is 2.20. The molecule has 5 rings (SSSR count). The van der Waals surface area contributed by atoms with E-state index in [1.807, 2.05) is 36.4 Å². The lowest BCUT2D eigenvalue weighted by Crippen LogP contribution is -2.09. The second-order valence-electron chi connectivity index (χ2n) is 6.46. The van der Waals surface area contributed by atoms with Crippen LogP contribution in [0.1, 0.15) is 22.8 Å². The third-order valence-electron chi connectivity index (χ3n) is 4.42. The molecule has 0 saturated heterocycles. The van der Waals surface area contributed by atoms with Crippen LogP contribution in [-0.2, 0) is 10.3 Å². The Kier molecular flexibility index (Phi) is 3.58. The van der Waals surface area contributed by atoms with Gasteiger partial charge in [-0.3, -0.25) is 4.55 Å². The Morgan fingerprint density at radius 3 is 1.57 bits per heavy atom. The van der Waals surface area contributed by atoms with Crippen LogP contribution in [0.25, 0.3) is 46.4 Å². The zero-order valence-corrected chi connectivity index (χ0v) is 15.3. The largest absolute Gasteiger partial charge is 0.364 e. The Morgan fingerprint density at radius 2 is 1.14 bits per heavy atom. The van der Waals surface area contributed by atoms with E-state index < -0.39 is 10.3 Å². The predicted molar refractivity (Wildman–Crippen MR) is 109 cm³/mol. The molecule has 0 aliphatic carbocycles. The molecule has 0 fully saturated rings. The number of H-pyrrole nitrogens is 1. The number of aromatic nitrogens is 4. The molecule has 2 N–H and O–H groups in total. The maximum absolute atomic E-state index is 12.0. The van der Waals surface area contributed by atoms with Crippen molar-refractivity contribution in [1.82, 2.24) is 18.9 Å². The summed E-state index contributed by atoms with van der Waals surface area (Å²) in [4.78, 5) is 12.3. The van der Waals surface area contributed by atoms with Crippen LogP contribution < -0.4 is 0 Å². The number of nitrogens with zero attached hydrogens (tertiary/aromatic N) is 3.